The number of carbonyl (C=O) groups is 1. The molecule has 1 aliphatic rings. The van der Waals surface area contributed by atoms with E-state index in [1.54, 1.807) is 12.4 Å². The van der Waals surface area contributed by atoms with E-state index < -0.39 is 0 Å². The predicted octanol–water partition coefficient (Wildman–Crippen LogP) is 3.25. The van der Waals surface area contributed by atoms with E-state index in [1.165, 1.54) is 0 Å². The molecule has 0 radical (unpaired) electrons. The third-order valence-corrected chi connectivity index (χ3v) is 4.68. The zero-order valence-electron chi connectivity index (χ0n) is 14.1. The molecule has 1 amide bonds. The number of hydrogen-bond acceptors (Lipinski definition) is 3. The number of amides is 1. The number of hydrogen-bond donors (Lipinski definition) is 1. The van der Waals surface area contributed by atoms with Crippen LogP contribution < -0.4 is 5.32 Å². The Hall–Kier alpha value is -2.95. The van der Waals surface area contributed by atoms with Crippen molar-refractivity contribution >= 4 is 5.91 Å². The normalized spacial score (nSPS) is 14.1. The van der Waals surface area contributed by atoms with E-state index >= 15 is 0 Å². The van der Waals surface area contributed by atoms with Gasteiger partial charge in [-0.25, -0.2) is 4.68 Å². The Bertz CT molecular complexity index is 887. The second-order valence-corrected chi connectivity index (χ2v) is 6.36. The van der Waals surface area contributed by atoms with Crippen LogP contribution in [-0.2, 0) is 12.8 Å². The molecular weight excluding hydrogens is 312 g/mol. The molecule has 3 aromatic rings. The van der Waals surface area contributed by atoms with E-state index in [2.05, 4.69) is 15.4 Å². The summed E-state index contributed by atoms with van der Waals surface area (Å²) < 4.78 is 1.92. The number of rotatable bonds is 4. The van der Waals surface area contributed by atoms with Crippen LogP contribution in [0, 0.1) is 0 Å². The van der Waals surface area contributed by atoms with Crippen LogP contribution in [-0.4, -0.2) is 20.7 Å². The van der Waals surface area contributed by atoms with Gasteiger partial charge in [-0.15, -0.1) is 0 Å². The van der Waals surface area contributed by atoms with Gasteiger partial charge in [0.1, 0.15) is 0 Å². The molecule has 1 N–H and O–H groups in total. The Balaban J connectivity index is 1.64. The molecule has 0 bridgehead atoms. The third kappa shape index (κ3) is 2.93. The smallest absolute Gasteiger partial charge is 0.272 e. The van der Waals surface area contributed by atoms with Gasteiger partial charge in [-0.05, 0) is 49.9 Å². The minimum Gasteiger partial charge on any atom is -0.344 e. The second kappa shape index (κ2) is 6.51. The van der Waals surface area contributed by atoms with Gasteiger partial charge in [-0.3, -0.25) is 9.78 Å². The van der Waals surface area contributed by atoms with Crippen molar-refractivity contribution in [3.05, 3.63) is 77.4 Å². The maximum Gasteiger partial charge on any atom is 0.272 e. The first-order valence-corrected chi connectivity index (χ1v) is 8.61. The number of benzene rings is 1. The van der Waals surface area contributed by atoms with E-state index in [0.29, 0.717) is 5.69 Å². The molecule has 0 fully saturated rings. The Morgan fingerprint density at radius 2 is 2.00 bits per heavy atom. The highest BCUT2D eigenvalue weighted by Gasteiger charge is 2.27. The molecule has 0 saturated heterocycles. The van der Waals surface area contributed by atoms with Crippen molar-refractivity contribution in [3.63, 3.8) is 0 Å². The highest BCUT2D eigenvalue weighted by Crippen LogP contribution is 2.28. The number of aromatic nitrogens is 3. The monoisotopic (exact) mass is 332 g/mol. The third-order valence-electron chi connectivity index (χ3n) is 4.68. The lowest BCUT2D eigenvalue weighted by molar-refractivity contribution is 0.0933. The molecule has 5 heteroatoms. The largest absolute Gasteiger partial charge is 0.344 e. The van der Waals surface area contributed by atoms with Crippen molar-refractivity contribution in [1.82, 2.24) is 20.1 Å². The van der Waals surface area contributed by atoms with Crippen LogP contribution in [0.2, 0.25) is 0 Å². The van der Waals surface area contributed by atoms with Gasteiger partial charge >= 0.3 is 0 Å². The Morgan fingerprint density at radius 3 is 2.76 bits per heavy atom. The number of para-hydroxylation sites is 1. The highest BCUT2D eigenvalue weighted by molar-refractivity contribution is 5.94. The van der Waals surface area contributed by atoms with Gasteiger partial charge in [0.15, 0.2) is 5.69 Å². The van der Waals surface area contributed by atoms with Crippen molar-refractivity contribution in [1.29, 1.82) is 0 Å². The molecule has 2 aromatic heterocycles. The molecule has 2 heterocycles. The number of nitrogens with one attached hydrogen (secondary N) is 1. The Morgan fingerprint density at radius 1 is 1.16 bits per heavy atom. The second-order valence-electron chi connectivity index (χ2n) is 6.36. The van der Waals surface area contributed by atoms with Gasteiger partial charge in [-0.1, -0.05) is 24.3 Å². The summed E-state index contributed by atoms with van der Waals surface area (Å²) in [4.78, 5) is 16.9. The average molecular weight is 332 g/mol. The zero-order chi connectivity index (χ0) is 17.2. The van der Waals surface area contributed by atoms with Crippen molar-refractivity contribution in [2.45, 2.75) is 32.2 Å². The van der Waals surface area contributed by atoms with Crippen molar-refractivity contribution in [2.24, 2.45) is 0 Å². The topological polar surface area (TPSA) is 59.8 Å². The number of carbonyl (C=O) groups excluding carboxylic acids is 1. The van der Waals surface area contributed by atoms with Crippen LogP contribution in [0.1, 0.15) is 46.7 Å². The van der Waals surface area contributed by atoms with Gasteiger partial charge in [0.25, 0.3) is 5.91 Å². The quantitative estimate of drug-likeness (QED) is 0.798. The summed E-state index contributed by atoms with van der Waals surface area (Å²) in [6.07, 6.45) is 6.44. The first kappa shape index (κ1) is 15.6. The molecule has 0 aliphatic heterocycles. The van der Waals surface area contributed by atoms with Crippen LogP contribution in [0.15, 0.2) is 54.9 Å². The lowest BCUT2D eigenvalue weighted by Gasteiger charge is -2.13. The lowest BCUT2D eigenvalue weighted by Crippen LogP contribution is -2.28. The SMILES string of the molecule is CC(NC(=O)c1nn(-c2ccccc2)c2c1CCC2)c1cccnc1. The van der Waals surface area contributed by atoms with Crippen molar-refractivity contribution in [3.8, 4) is 5.69 Å². The number of pyridine rings is 1. The minimum absolute atomic E-state index is 0.111. The first-order chi connectivity index (χ1) is 12.2. The summed E-state index contributed by atoms with van der Waals surface area (Å²) in [5.74, 6) is -0.121. The van der Waals surface area contributed by atoms with Crippen LogP contribution in [0.25, 0.3) is 5.69 Å². The van der Waals surface area contributed by atoms with Gasteiger partial charge in [0.05, 0.1) is 11.7 Å². The molecule has 1 unspecified atom stereocenters. The molecule has 1 aromatic carbocycles. The molecule has 5 nitrogen and oxygen atoms in total. The maximum atomic E-state index is 12.8. The molecule has 126 valence electrons. The predicted molar refractivity (Wildman–Crippen MR) is 95.7 cm³/mol. The van der Waals surface area contributed by atoms with Crippen LogP contribution >= 0.6 is 0 Å². The molecule has 25 heavy (non-hydrogen) atoms. The summed E-state index contributed by atoms with van der Waals surface area (Å²) >= 11 is 0. The fourth-order valence-corrected chi connectivity index (χ4v) is 3.38. The number of fused-ring (bicyclic) bond motifs is 1. The van der Waals surface area contributed by atoms with Crippen LogP contribution in [0.3, 0.4) is 0 Å². The average Bonchev–Trinajstić information content (AvgIpc) is 3.25. The summed E-state index contributed by atoms with van der Waals surface area (Å²) in [5.41, 5.74) is 4.77. The van der Waals surface area contributed by atoms with E-state index in [-0.39, 0.29) is 11.9 Å². The van der Waals surface area contributed by atoms with E-state index in [4.69, 9.17) is 0 Å². The van der Waals surface area contributed by atoms with E-state index in [1.807, 2.05) is 54.1 Å². The summed E-state index contributed by atoms with van der Waals surface area (Å²) in [6, 6.07) is 13.7. The Labute approximate surface area is 146 Å². The summed E-state index contributed by atoms with van der Waals surface area (Å²) in [7, 11) is 0. The molecule has 4 rings (SSSR count). The fraction of sp³-hybridized carbons (Fsp3) is 0.250. The zero-order valence-corrected chi connectivity index (χ0v) is 14.1. The van der Waals surface area contributed by atoms with E-state index in [9.17, 15) is 4.79 Å². The summed E-state index contributed by atoms with van der Waals surface area (Å²) in [5, 5.41) is 7.69. The van der Waals surface area contributed by atoms with Gasteiger partial charge < -0.3 is 5.32 Å². The van der Waals surface area contributed by atoms with Gasteiger partial charge in [0.2, 0.25) is 0 Å². The highest BCUT2D eigenvalue weighted by atomic mass is 16.2. The van der Waals surface area contributed by atoms with E-state index in [0.717, 1.165) is 41.8 Å². The standard InChI is InChI=1S/C20H20N4O/c1-14(15-7-6-12-21-13-15)22-20(25)19-17-10-5-11-18(17)24(23-19)16-8-3-2-4-9-16/h2-4,6-9,12-14H,5,10-11H2,1H3,(H,22,25). The molecule has 1 aliphatic carbocycles. The summed E-state index contributed by atoms with van der Waals surface area (Å²) in [6.45, 7) is 1.96. The van der Waals surface area contributed by atoms with Crippen LogP contribution in [0.5, 0.6) is 0 Å². The first-order valence-electron chi connectivity index (χ1n) is 8.61. The molecule has 1 atom stereocenters. The molecular formula is C20H20N4O. The van der Waals surface area contributed by atoms with Crippen molar-refractivity contribution < 1.29 is 4.79 Å². The molecule has 0 saturated carbocycles. The van der Waals surface area contributed by atoms with Crippen molar-refractivity contribution in [2.75, 3.05) is 0 Å². The van der Waals surface area contributed by atoms with Crippen LogP contribution in [0.4, 0.5) is 0 Å². The Kier molecular flexibility index (Phi) is 4.06. The van der Waals surface area contributed by atoms with Gasteiger partial charge in [-0.2, -0.15) is 5.10 Å². The minimum atomic E-state index is -0.121. The number of nitrogens with zero attached hydrogens (tertiary/aromatic N) is 3. The van der Waals surface area contributed by atoms with Gasteiger partial charge in [0, 0.05) is 23.7 Å². The molecule has 0 spiro atoms. The fourth-order valence-electron chi connectivity index (χ4n) is 3.38. The lowest BCUT2D eigenvalue weighted by atomic mass is 10.1. The maximum absolute atomic E-state index is 12.8.